The van der Waals surface area contributed by atoms with Crippen molar-refractivity contribution in [1.82, 2.24) is 25.0 Å². The molecule has 0 spiro atoms. The van der Waals surface area contributed by atoms with Crippen molar-refractivity contribution in [3.05, 3.63) is 53.9 Å². The van der Waals surface area contributed by atoms with Gasteiger partial charge in [-0.25, -0.2) is 4.98 Å². The molecule has 0 aliphatic rings. The van der Waals surface area contributed by atoms with Crippen molar-refractivity contribution in [1.29, 1.82) is 0 Å². The molecule has 25 heavy (non-hydrogen) atoms. The summed E-state index contributed by atoms with van der Waals surface area (Å²) in [6, 6.07) is 7.23. The van der Waals surface area contributed by atoms with Crippen LogP contribution in [0.5, 0.6) is 0 Å². The summed E-state index contributed by atoms with van der Waals surface area (Å²) in [5.41, 5.74) is 1.16. The quantitative estimate of drug-likeness (QED) is 0.746. The molecule has 1 amide bonds. The van der Waals surface area contributed by atoms with Gasteiger partial charge in [-0.2, -0.15) is 4.98 Å². The van der Waals surface area contributed by atoms with Gasteiger partial charge in [0.15, 0.2) is 5.82 Å². The molecule has 0 fully saturated rings. The van der Waals surface area contributed by atoms with E-state index < -0.39 is 0 Å². The van der Waals surface area contributed by atoms with E-state index in [0.717, 1.165) is 12.4 Å². The highest BCUT2D eigenvalue weighted by Crippen LogP contribution is 2.21. The third-order valence-electron chi connectivity index (χ3n) is 3.97. The van der Waals surface area contributed by atoms with Gasteiger partial charge in [-0.1, -0.05) is 24.2 Å². The van der Waals surface area contributed by atoms with Gasteiger partial charge in [0.25, 0.3) is 11.8 Å². The number of nitrogens with one attached hydrogen (secondary N) is 1. The van der Waals surface area contributed by atoms with Crippen molar-refractivity contribution in [3.8, 4) is 11.5 Å². The number of carbonyl (C=O) groups is 1. The SMILES string of the molecule is Cc1noc(-c2ccccc2C(=O)NC[C@@H](C)Cn2ccnc2C)n1. The minimum absolute atomic E-state index is 0.152. The van der Waals surface area contributed by atoms with Crippen LogP contribution in [-0.2, 0) is 6.54 Å². The average molecular weight is 339 g/mol. The Morgan fingerprint density at radius 2 is 2.12 bits per heavy atom. The zero-order valence-corrected chi connectivity index (χ0v) is 14.6. The van der Waals surface area contributed by atoms with Crippen LogP contribution < -0.4 is 5.32 Å². The predicted molar refractivity (Wildman–Crippen MR) is 92.9 cm³/mol. The van der Waals surface area contributed by atoms with Crippen LogP contribution in [0.15, 0.2) is 41.2 Å². The molecule has 0 bridgehead atoms. The number of rotatable bonds is 6. The lowest BCUT2D eigenvalue weighted by Crippen LogP contribution is -2.30. The van der Waals surface area contributed by atoms with Crippen LogP contribution in [0.2, 0.25) is 0 Å². The standard InChI is InChI=1S/C18H21N5O2/c1-12(11-23-9-8-19-14(23)3)10-20-17(24)15-6-4-5-7-16(15)18-21-13(2)22-25-18/h4-9,12H,10-11H2,1-3H3,(H,20,24)/t12-/m1/s1. The molecule has 0 radical (unpaired) electrons. The molecule has 0 aliphatic carbocycles. The summed E-state index contributed by atoms with van der Waals surface area (Å²) in [6.45, 7) is 7.17. The number of benzene rings is 1. The van der Waals surface area contributed by atoms with Gasteiger partial charge < -0.3 is 14.4 Å². The average Bonchev–Trinajstić information content (AvgIpc) is 3.21. The van der Waals surface area contributed by atoms with Gasteiger partial charge in [0.2, 0.25) is 0 Å². The zero-order chi connectivity index (χ0) is 17.8. The maximum atomic E-state index is 12.6. The molecular weight excluding hydrogens is 318 g/mol. The van der Waals surface area contributed by atoms with E-state index in [4.69, 9.17) is 4.52 Å². The first-order chi connectivity index (χ1) is 12.0. The fourth-order valence-electron chi connectivity index (χ4n) is 2.63. The van der Waals surface area contributed by atoms with Gasteiger partial charge in [0.1, 0.15) is 5.82 Å². The second-order valence-electron chi connectivity index (χ2n) is 6.13. The van der Waals surface area contributed by atoms with E-state index in [1.165, 1.54) is 0 Å². The van der Waals surface area contributed by atoms with E-state index in [-0.39, 0.29) is 11.8 Å². The molecule has 0 saturated heterocycles. The lowest BCUT2D eigenvalue weighted by molar-refractivity contribution is 0.0947. The van der Waals surface area contributed by atoms with E-state index in [9.17, 15) is 4.79 Å². The zero-order valence-electron chi connectivity index (χ0n) is 14.6. The number of aryl methyl sites for hydroxylation is 2. The Morgan fingerprint density at radius 1 is 1.32 bits per heavy atom. The number of hydrogen-bond donors (Lipinski definition) is 1. The number of carbonyl (C=O) groups excluding carboxylic acids is 1. The highest BCUT2D eigenvalue weighted by atomic mass is 16.5. The molecule has 1 N–H and O–H groups in total. The van der Waals surface area contributed by atoms with Gasteiger partial charge in [-0.05, 0) is 31.9 Å². The molecular formula is C18H21N5O2. The monoisotopic (exact) mass is 339 g/mol. The van der Waals surface area contributed by atoms with Crippen LogP contribution in [0, 0.1) is 19.8 Å². The third kappa shape index (κ3) is 3.93. The molecule has 130 valence electrons. The Labute approximate surface area is 146 Å². The summed E-state index contributed by atoms with van der Waals surface area (Å²) in [4.78, 5) is 21.0. The van der Waals surface area contributed by atoms with Crippen LogP contribution in [-0.4, -0.2) is 32.1 Å². The molecule has 1 atom stereocenters. The molecule has 0 unspecified atom stereocenters. The molecule has 2 aromatic heterocycles. The maximum Gasteiger partial charge on any atom is 0.258 e. The fraction of sp³-hybridized carbons (Fsp3) is 0.333. The molecule has 2 heterocycles. The predicted octanol–water partition coefficient (Wildman–Crippen LogP) is 2.62. The van der Waals surface area contributed by atoms with E-state index in [1.807, 2.05) is 25.3 Å². The highest BCUT2D eigenvalue weighted by molar-refractivity contribution is 5.99. The number of aromatic nitrogens is 4. The van der Waals surface area contributed by atoms with Crippen molar-refractivity contribution in [2.24, 2.45) is 5.92 Å². The fourth-order valence-corrected chi connectivity index (χ4v) is 2.63. The van der Waals surface area contributed by atoms with Crippen molar-refractivity contribution < 1.29 is 9.32 Å². The lowest BCUT2D eigenvalue weighted by Gasteiger charge is -2.15. The smallest absolute Gasteiger partial charge is 0.258 e. The summed E-state index contributed by atoms with van der Waals surface area (Å²) >= 11 is 0. The number of hydrogen-bond acceptors (Lipinski definition) is 5. The van der Waals surface area contributed by atoms with Gasteiger partial charge in [-0.15, -0.1) is 0 Å². The maximum absolute atomic E-state index is 12.6. The molecule has 0 aliphatic heterocycles. The van der Waals surface area contributed by atoms with E-state index in [2.05, 4.69) is 31.9 Å². The summed E-state index contributed by atoms with van der Waals surface area (Å²) in [5, 5.41) is 6.78. The van der Waals surface area contributed by atoms with E-state index in [1.54, 1.807) is 25.3 Å². The molecule has 0 saturated carbocycles. The van der Waals surface area contributed by atoms with Crippen LogP contribution in [0.4, 0.5) is 0 Å². The Kier molecular flexibility index (Phi) is 4.92. The van der Waals surface area contributed by atoms with Crippen LogP contribution >= 0.6 is 0 Å². The topological polar surface area (TPSA) is 85.8 Å². The normalized spacial score (nSPS) is 12.1. The molecule has 7 nitrogen and oxygen atoms in total. The van der Waals surface area contributed by atoms with Crippen molar-refractivity contribution >= 4 is 5.91 Å². The van der Waals surface area contributed by atoms with Gasteiger partial charge in [0, 0.05) is 25.5 Å². The number of imidazole rings is 1. The Morgan fingerprint density at radius 3 is 2.80 bits per heavy atom. The molecule has 3 aromatic rings. The Bertz CT molecular complexity index is 868. The van der Waals surface area contributed by atoms with Gasteiger partial charge >= 0.3 is 0 Å². The van der Waals surface area contributed by atoms with Crippen LogP contribution in [0.3, 0.4) is 0 Å². The Balaban J connectivity index is 1.67. The van der Waals surface area contributed by atoms with Gasteiger partial charge in [0.05, 0.1) is 11.1 Å². The summed E-state index contributed by atoms with van der Waals surface area (Å²) in [5.74, 6) is 1.98. The molecule has 3 rings (SSSR count). The lowest BCUT2D eigenvalue weighted by atomic mass is 10.1. The van der Waals surface area contributed by atoms with Crippen LogP contribution in [0.1, 0.15) is 28.9 Å². The first-order valence-electron chi connectivity index (χ1n) is 8.20. The number of nitrogens with zero attached hydrogens (tertiary/aromatic N) is 4. The van der Waals surface area contributed by atoms with Crippen molar-refractivity contribution in [2.45, 2.75) is 27.3 Å². The second-order valence-corrected chi connectivity index (χ2v) is 6.13. The van der Waals surface area contributed by atoms with Gasteiger partial charge in [-0.3, -0.25) is 4.79 Å². The summed E-state index contributed by atoms with van der Waals surface area (Å²) < 4.78 is 7.27. The Hall–Kier alpha value is -2.96. The molecule has 7 heteroatoms. The summed E-state index contributed by atoms with van der Waals surface area (Å²) in [6.07, 6.45) is 3.73. The minimum Gasteiger partial charge on any atom is -0.352 e. The summed E-state index contributed by atoms with van der Waals surface area (Å²) in [7, 11) is 0. The minimum atomic E-state index is -0.152. The first kappa shape index (κ1) is 16.9. The van der Waals surface area contributed by atoms with Crippen molar-refractivity contribution in [2.75, 3.05) is 6.54 Å². The van der Waals surface area contributed by atoms with Crippen molar-refractivity contribution in [3.63, 3.8) is 0 Å². The van der Waals surface area contributed by atoms with E-state index in [0.29, 0.717) is 29.4 Å². The van der Waals surface area contributed by atoms with E-state index >= 15 is 0 Å². The first-order valence-corrected chi connectivity index (χ1v) is 8.20. The highest BCUT2D eigenvalue weighted by Gasteiger charge is 2.17. The number of amides is 1. The third-order valence-corrected chi connectivity index (χ3v) is 3.97. The van der Waals surface area contributed by atoms with Crippen LogP contribution in [0.25, 0.3) is 11.5 Å². The largest absolute Gasteiger partial charge is 0.352 e. The molecule has 1 aromatic carbocycles. The second kappa shape index (κ2) is 7.29.